The maximum absolute atomic E-state index is 12.8. The number of carbonyl (C=O) groups excluding carboxylic acids is 1. The van der Waals surface area contributed by atoms with Crippen LogP contribution in [0.2, 0.25) is 0 Å². The topological polar surface area (TPSA) is 43.1 Å². The molecule has 0 saturated heterocycles. The molecule has 2 aromatic rings. The highest BCUT2D eigenvalue weighted by atomic mass is 32.1. The molecule has 0 aliphatic rings. The van der Waals surface area contributed by atoms with Crippen molar-refractivity contribution in [3.8, 4) is 0 Å². The molecule has 0 saturated carbocycles. The molecular weight excluding hydrogens is 278 g/mol. The molecule has 0 unspecified atom stereocenters. The summed E-state index contributed by atoms with van der Waals surface area (Å²) in [4.78, 5) is 14.1. The van der Waals surface area contributed by atoms with Gasteiger partial charge in [0.2, 0.25) is 0 Å². The smallest absolute Gasteiger partial charge is 0.196 e. The molecule has 21 heavy (non-hydrogen) atoms. The van der Waals surface area contributed by atoms with Crippen molar-refractivity contribution in [1.29, 1.82) is 0 Å². The number of hydrogen-bond acceptors (Lipinski definition) is 3. The largest absolute Gasteiger partial charge is 0.390 e. The molecule has 0 aliphatic heterocycles. The Bertz CT molecular complexity index is 626. The van der Waals surface area contributed by atoms with E-state index in [0.717, 1.165) is 17.5 Å². The summed E-state index contributed by atoms with van der Waals surface area (Å²) in [5, 5.41) is 0.656. The molecule has 2 rings (SSSR count). The van der Waals surface area contributed by atoms with E-state index in [-0.39, 0.29) is 5.78 Å². The van der Waals surface area contributed by atoms with Crippen LogP contribution in [0.5, 0.6) is 0 Å². The Hall–Kier alpha value is -1.61. The van der Waals surface area contributed by atoms with Crippen LogP contribution in [0.4, 0.5) is 5.00 Å². The van der Waals surface area contributed by atoms with Crippen LogP contribution in [-0.2, 0) is 6.42 Å². The third kappa shape index (κ3) is 3.35. The van der Waals surface area contributed by atoms with E-state index in [2.05, 4.69) is 27.7 Å². The van der Waals surface area contributed by atoms with E-state index < -0.39 is 0 Å². The zero-order valence-corrected chi connectivity index (χ0v) is 14.0. The fourth-order valence-corrected chi connectivity index (χ4v) is 3.66. The fraction of sp³-hybridized carbons (Fsp3) is 0.389. The molecule has 0 fully saturated rings. The predicted molar refractivity (Wildman–Crippen MR) is 91.2 cm³/mol. The second-order valence-corrected chi connectivity index (χ2v) is 7.22. The van der Waals surface area contributed by atoms with Crippen LogP contribution in [0.15, 0.2) is 30.3 Å². The summed E-state index contributed by atoms with van der Waals surface area (Å²) in [6, 6.07) is 9.41. The van der Waals surface area contributed by atoms with Crippen LogP contribution in [0.25, 0.3) is 0 Å². The van der Waals surface area contributed by atoms with E-state index in [1.807, 2.05) is 30.3 Å². The fourth-order valence-electron chi connectivity index (χ4n) is 2.56. The Kier molecular flexibility index (Phi) is 4.84. The van der Waals surface area contributed by atoms with Crippen molar-refractivity contribution >= 4 is 22.1 Å². The van der Waals surface area contributed by atoms with Gasteiger partial charge < -0.3 is 5.73 Å². The van der Waals surface area contributed by atoms with E-state index in [1.54, 1.807) is 11.3 Å². The SMILES string of the molecule is CC(C)Cc1c(C(C)C)sc(N)c1C(=O)c1ccccc1. The first-order chi connectivity index (χ1) is 9.91. The van der Waals surface area contributed by atoms with Crippen LogP contribution in [0, 0.1) is 5.92 Å². The van der Waals surface area contributed by atoms with Gasteiger partial charge in [0.15, 0.2) is 5.78 Å². The number of hydrogen-bond donors (Lipinski definition) is 1. The number of nitrogen functional groups attached to an aromatic ring is 1. The minimum Gasteiger partial charge on any atom is -0.390 e. The third-order valence-electron chi connectivity index (χ3n) is 3.47. The van der Waals surface area contributed by atoms with Gasteiger partial charge in [-0.05, 0) is 23.8 Å². The Labute approximate surface area is 131 Å². The Morgan fingerprint density at radius 2 is 1.76 bits per heavy atom. The zero-order valence-electron chi connectivity index (χ0n) is 13.1. The van der Waals surface area contributed by atoms with E-state index in [1.165, 1.54) is 4.88 Å². The summed E-state index contributed by atoms with van der Waals surface area (Å²) < 4.78 is 0. The summed E-state index contributed by atoms with van der Waals surface area (Å²) in [6.07, 6.45) is 0.898. The lowest BCUT2D eigenvalue weighted by Crippen LogP contribution is -2.09. The first-order valence-electron chi connectivity index (χ1n) is 7.42. The lowest BCUT2D eigenvalue weighted by atomic mass is 9.92. The van der Waals surface area contributed by atoms with Gasteiger partial charge in [0.05, 0.1) is 10.6 Å². The number of rotatable bonds is 5. The molecule has 1 aromatic heterocycles. The minimum atomic E-state index is 0.0481. The lowest BCUT2D eigenvalue weighted by Gasteiger charge is -2.12. The van der Waals surface area contributed by atoms with Crippen molar-refractivity contribution in [3.63, 3.8) is 0 Å². The summed E-state index contributed by atoms with van der Waals surface area (Å²) in [6.45, 7) is 8.67. The van der Waals surface area contributed by atoms with Gasteiger partial charge in [0.1, 0.15) is 0 Å². The molecule has 0 amide bonds. The number of anilines is 1. The van der Waals surface area contributed by atoms with Gasteiger partial charge in [-0.1, -0.05) is 58.0 Å². The van der Waals surface area contributed by atoms with Crippen molar-refractivity contribution in [2.75, 3.05) is 5.73 Å². The molecule has 3 heteroatoms. The second kappa shape index (κ2) is 6.44. The number of carbonyl (C=O) groups is 1. The molecule has 1 heterocycles. The lowest BCUT2D eigenvalue weighted by molar-refractivity contribution is 0.103. The van der Waals surface area contributed by atoms with Crippen molar-refractivity contribution < 1.29 is 4.79 Å². The van der Waals surface area contributed by atoms with Crippen LogP contribution in [-0.4, -0.2) is 5.78 Å². The number of thiophene rings is 1. The number of benzene rings is 1. The predicted octanol–water partition coefficient (Wildman–Crippen LogP) is 4.88. The molecule has 112 valence electrons. The second-order valence-electron chi connectivity index (χ2n) is 6.13. The van der Waals surface area contributed by atoms with Crippen LogP contribution in [0.3, 0.4) is 0 Å². The van der Waals surface area contributed by atoms with Gasteiger partial charge in [-0.3, -0.25) is 4.79 Å². The first-order valence-corrected chi connectivity index (χ1v) is 8.24. The van der Waals surface area contributed by atoms with Gasteiger partial charge in [0.25, 0.3) is 0 Å². The van der Waals surface area contributed by atoms with Gasteiger partial charge in [-0.25, -0.2) is 0 Å². The maximum atomic E-state index is 12.8. The Morgan fingerprint density at radius 3 is 2.29 bits per heavy atom. The highest BCUT2D eigenvalue weighted by molar-refractivity contribution is 7.16. The van der Waals surface area contributed by atoms with Crippen molar-refractivity contribution in [2.24, 2.45) is 5.92 Å². The minimum absolute atomic E-state index is 0.0481. The third-order valence-corrected chi connectivity index (χ3v) is 4.83. The van der Waals surface area contributed by atoms with Crippen LogP contribution >= 0.6 is 11.3 Å². The molecule has 0 radical (unpaired) electrons. The number of nitrogens with two attached hydrogens (primary N) is 1. The maximum Gasteiger partial charge on any atom is 0.196 e. The quantitative estimate of drug-likeness (QED) is 0.799. The summed E-state index contributed by atoms with van der Waals surface area (Å²) in [7, 11) is 0. The first kappa shape index (κ1) is 15.8. The van der Waals surface area contributed by atoms with Crippen molar-refractivity contribution in [2.45, 2.75) is 40.0 Å². The highest BCUT2D eigenvalue weighted by Gasteiger charge is 2.24. The molecule has 0 spiro atoms. The Balaban J connectivity index is 2.54. The van der Waals surface area contributed by atoms with Crippen molar-refractivity contribution in [1.82, 2.24) is 0 Å². The molecular formula is C18H23NOS. The van der Waals surface area contributed by atoms with E-state index in [0.29, 0.717) is 22.4 Å². The van der Waals surface area contributed by atoms with Crippen molar-refractivity contribution in [3.05, 3.63) is 51.9 Å². The molecule has 2 N–H and O–H groups in total. The molecule has 0 bridgehead atoms. The summed E-state index contributed by atoms with van der Waals surface area (Å²) >= 11 is 1.57. The molecule has 0 aliphatic carbocycles. The summed E-state index contributed by atoms with van der Waals surface area (Å²) in [5.41, 5.74) is 8.78. The van der Waals surface area contributed by atoms with E-state index in [9.17, 15) is 4.79 Å². The Morgan fingerprint density at radius 1 is 1.14 bits per heavy atom. The molecule has 2 nitrogen and oxygen atoms in total. The van der Waals surface area contributed by atoms with Crippen LogP contribution < -0.4 is 5.73 Å². The van der Waals surface area contributed by atoms with E-state index >= 15 is 0 Å². The monoisotopic (exact) mass is 301 g/mol. The standard InChI is InChI=1S/C18H23NOS/c1-11(2)10-14-15(18(19)21-17(14)12(3)4)16(20)13-8-6-5-7-9-13/h5-9,11-12H,10,19H2,1-4H3. The molecule has 1 aromatic carbocycles. The average molecular weight is 301 g/mol. The highest BCUT2D eigenvalue weighted by Crippen LogP contribution is 2.38. The average Bonchev–Trinajstić information content (AvgIpc) is 2.75. The summed E-state index contributed by atoms with van der Waals surface area (Å²) in [5.74, 6) is 0.939. The zero-order chi connectivity index (χ0) is 15.6. The van der Waals surface area contributed by atoms with Gasteiger partial charge in [-0.2, -0.15) is 0 Å². The van der Waals surface area contributed by atoms with Gasteiger partial charge in [-0.15, -0.1) is 11.3 Å². The normalized spacial score (nSPS) is 11.3. The van der Waals surface area contributed by atoms with E-state index in [4.69, 9.17) is 5.73 Å². The number of ketones is 1. The van der Waals surface area contributed by atoms with Gasteiger partial charge >= 0.3 is 0 Å². The van der Waals surface area contributed by atoms with Crippen LogP contribution in [0.1, 0.15) is 60.0 Å². The molecule has 0 atom stereocenters. The van der Waals surface area contributed by atoms with Gasteiger partial charge in [0, 0.05) is 10.4 Å².